The van der Waals surface area contributed by atoms with Crippen molar-refractivity contribution >= 4 is 70.4 Å². The van der Waals surface area contributed by atoms with Crippen LogP contribution < -0.4 is 4.90 Å². The topological polar surface area (TPSA) is 8.17 Å². The molecule has 3 heteroatoms. The SMILES string of the molecule is c1ccc(N(c2cccc(-c3cc4c5c(c3)c3ccccc3n5-c3ccccc3C43c4ccccc4-c4ccccc43)c2)c2ccccc2-c2cccc3c2sc2ccccc23)cc1. The maximum Gasteiger partial charge on any atom is 0.0754 e. The molecule has 12 aromatic rings. The summed E-state index contributed by atoms with van der Waals surface area (Å²) in [6.07, 6.45) is 0. The first-order valence-corrected chi connectivity index (χ1v) is 22.9. The molecule has 2 aromatic heterocycles. The number of para-hydroxylation sites is 4. The van der Waals surface area contributed by atoms with Crippen LogP contribution in [0.25, 0.3) is 81.0 Å². The van der Waals surface area contributed by atoms with Gasteiger partial charge in [0.05, 0.1) is 27.8 Å². The van der Waals surface area contributed by atoms with Gasteiger partial charge in [-0.25, -0.2) is 0 Å². The monoisotopic (exact) mass is 830 g/mol. The van der Waals surface area contributed by atoms with Crippen molar-refractivity contribution in [2.24, 2.45) is 0 Å². The van der Waals surface area contributed by atoms with Gasteiger partial charge in [0.25, 0.3) is 0 Å². The van der Waals surface area contributed by atoms with Gasteiger partial charge in [-0.2, -0.15) is 0 Å². The Bertz CT molecular complexity index is 3820. The van der Waals surface area contributed by atoms with E-state index in [9.17, 15) is 0 Å². The maximum atomic E-state index is 2.54. The van der Waals surface area contributed by atoms with Crippen LogP contribution in [-0.4, -0.2) is 4.57 Å². The molecule has 0 radical (unpaired) electrons. The van der Waals surface area contributed by atoms with Gasteiger partial charge in [-0.1, -0.05) is 170 Å². The average molecular weight is 831 g/mol. The Morgan fingerprint density at radius 1 is 0.375 bits per heavy atom. The highest BCUT2D eigenvalue weighted by molar-refractivity contribution is 7.26. The number of nitrogens with zero attached hydrogens (tertiary/aromatic N) is 2. The number of rotatable bonds is 5. The molecule has 1 spiro atoms. The predicted molar refractivity (Wildman–Crippen MR) is 270 cm³/mol. The third-order valence-electron chi connectivity index (χ3n) is 14.0. The van der Waals surface area contributed by atoms with Crippen LogP contribution in [0.15, 0.2) is 231 Å². The molecule has 0 fully saturated rings. The molecule has 0 amide bonds. The van der Waals surface area contributed by atoms with Gasteiger partial charge in [0.1, 0.15) is 0 Å². The fourth-order valence-electron chi connectivity index (χ4n) is 11.4. The van der Waals surface area contributed by atoms with Crippen LogP contribution in [-0.2, 0) is 5.41 Å². The number of hydrogen-bond donors (Lipinski definition) is 0. The van der Waals surface area contributed by atoms with Gasteiger partial charge in [-0.05, 0) is 105 Å². The van der Waals surface area contributed by atoms with Crippen LogP contribution in [0.3, 0.4) is 0 Å². The molecule has 0 atom stereocenters. The maximum absolute atomic E-state index is 2.54. The van der Waals surface area contributed by atoms with Crippen molar-refractivity contribution in [1.82, 2.24) is 4.57 Å². The minimum absolute atomic E-state index is 0.511. The van der Waals surface area contributed by atoms with Gasteiger partial charge in [0.15, 0.2) is 0 Å². The number of thiophene rings is 1. The minimum atomic E-state index is -0.511. The van der Waals surface area contributed by atoms with Crippen molar-refractivity contribution < 1.29 is 0 Å². The van der Waals surface area contributed by atoms with E-state index in [-0.39, 0.29) is 0 Å². The Labute approximate surface area is 375 Å². The zero-order chi connectivity index (χ0) is 41.9. The highest BCUT2D eigenvalue weighted by Crippen LogP contribution is 2.61. The Kier molecular flexibility index (Phi) is 7.51. The smallest absolute Gasteiger partial charge is 0.0754 e. The average Bonchev–Trinajstić information content (AvgIpc) is 4.01. The zero-order valence-corrected chi connectivity index (χ0v) is 35.6. The third kappa shape index (κ3) is 4.79. The van der Waals surface area contributed by atoms with E-state index in [0.717, 1.165) is 17.1 Å². The first-order chi connectivity index (χ1) is 31.8. The van der Waals surface area contributed by atoms with Gasteiger partial charge >= 0.3 is 0 Å². The summed E-state index contributed by atoms with van der Waals surface area (Å²) in [5.41, 5.74) is 19.3. The molecule has 1 aliphatic carbocycles. The van der Waals surface area contributed by atoms with E-state index in [2.05, 4.69) is 240 Å². The van der Waals surface area contributed by atoms with E-state index in [1.807, 2.05) is 11.3 Å². The first kappa shape index (κ1) is 35.6. The zero-order valence-electron chi connectivity index (χ0n) is 34.7. The summed E-state index contributed by atoms with van der Waals surface area (Å²) in [4.78, 5) is 2.45. The standard InChI is InChI=1S/C61H38N2S/c1-2-19-41(20-3-1)62(55-32-12-6-24-45(55)48-27-17-28-49-47-26-8-15-35-58(47)64-60(48)49)42-21-16-18-39(36-42)40-37-50-46-25-7-13-33-56(46)63-57-34-14-11-31-53(57)61(54(38-40)59(50)63)51-29-9-4-22-43(51)44-23-5-10-30-52(44)61/h1-38H. The van der Waals surface area contributed by atoms with E-state index in [4.69, 9.17) is 0 Å². The molecule has 2 nitrogen and oxygen atoms in total. The van der Waals surface area contributed by atoms with Gasteiger partial charge in [-0.3, -0.25) is 0 Å². The normalized spacial score (nSPS) is 13.1. The number of hydrogen-bond acceptors (Lipinski definition) is 2. The fraction of sp³-hybridized carbons (Fsp3) is 0.0164. The summed E-state index contributed by atoms with van der Waals surface area (Å²) < 4.78 is 5.16. The van der Waals surface area contributed by atoms with Gasteiger partial charge in [-0.15, -0.1) is 11.3 Å². The number of benzene rings is 10. The van der Waals surface area contributed by atoms with E-state index >= 15 is 0 Å². The predicted octanol–water partition coefficient (Wildman–Crippen LogP) is 16.6. The molecule has 0 saturated carbocycles. The quantitative estimate of drug-likeness (QED) is 0.168. The van der Waals surface area contributed by atoms with Gasteiger partial charge < -0.3 is 9.47 Å². The molecule has 0 saturated heterocycles. The van der Waals surface area contributed by atoms with Crippen LogP contribution in [0.5, 0.6) is 0 Å². The molecule has 64 heavy (non-hydrogen) atoms. The second-order valence-electron chi connectivity index (χ2n) is 17.1. The molecule has 14 rings (SSSR count). The largest absolute Gasteiger partial charge is 0.310 e. The third-order valence-corrected chi connectivity index (χ3v) is 15.2. The lowest BCUT2D eigenvalue weighted by Gasteiger charge is -2.40. The number of fused-ring (bicyclic) bond motifs is 15. The Morgan fingerprint density at radius 3 is 1.81 bits per heavy atom. The van der Waals surface area contributed by atoms with Crippen LogP contribution in [0.2, 0.25) is 0 Å². The van der Waals surface area contributed by atoms with Crippen LogP contribution >= 0.6 is 11.3 Å². The molecule has 0 N–H and O–H groups in total. The highest BCUT2D eigenvalue weighted by atomic mass is 32.1. The molecular formula is C61H38N2S. The lowest BCUT2D eigenvalue weighted by Crippen LogP contribution is -2.33. The van der Waals surface area contributed by atoms with Crippen molar-refractivity contribution in [3.8, 4) is 39.1 Å². The summed E-state index contributed by atoms with van der Waals surface area (Å²) in [6.45, 7) is 0. The van der Waals surface area contributed by atoms with Crippen LogP contribution in [0.4, 0.5) is 17.1 Å². The Hall–Kier alpha value is -7.98. The summed E-state index contributed by atoms with van der Waals surface area (Å²) >= 11 is 1.88. The summed E-state index contributed by atoms with van der Waals surface area (Å²) in [5.74, 6) is 0. The second kappa shape index (κ2) is 13.5. The lowest BCUT2D eigenvalue weighted by atomic mass is 9.65. The van der Waals surface area contributed by atoms with Crippen molar-refractivity contribution in [3.63, 3.8) is 0 Å². The van der Waals surface area contributed by atoms with Crippen molar-refractivity contribution in [2.75, 3.05) is 4.90 Å². The van der Waals surface area contributed by atoms with Gasteiger partial charge in [0.2, 0.25) is 0 Å². The molecule has 1 aliphatic heterocycles. The molecule has 0 bridgehead atoms. The van der Waals surface area contributed by atoms with E-state index in [1.54, 1.807) is 0 Å². The lowest BCUT2D eigenvalue weighted by molar-refractivity contribution is 0.749. The van der Waals surface area contributed by atoms with Crippen molar-refractivity contribution in [2.45, 2.75) is 5.41 Å². The summed E-state index contributed by atoms with van der Waals surface area (Å²) in [5, 5.41) is 5.14. The van der Waals surface area contributed by atoms with Crippen LogP contribution in [0.1, 0.15) is 22.3 Å². The van der Waals surface area contributed by atoms with Crippen molar-refractivity contribution in [3.05, 3.63) is 253 Å². The van der Waals surface area contributed by atoms with E-state index in [1.165, 1.54) is 103 Å². The highest BCUT2D eigenvalue weighted by Gasteiger charge is 2.50. The molecule has 2 aliphatic rings. The van der Waals surface area contributed by atoms with Gasteiger partial charge in [0, 0.05) is 53.4 Å². The number of aromatic nitrogens is 1. The Morgan fingerprint density at radius 2 is 0.984 bits per heavy atom. The summed E-state index contributed by atoms with van der Waals surface area (Å²) in [6, 6.07) is 85.8. The van der Waals surface area contributed by atoms with Crippen LogP contribution in [0, 0.1) is 0 Å². The Balaban J connectivity index is 1.03. The number of anilines is 3. The van der Waals surface area contributed by atoms with E-state index in [0.29, 0.717) is 0 Å². The molecule has 298 valence electrons. The molecular weight excluding hydrogens is 793 g/mol. The minimum Gasteiger partial charge on any atom is -0.310 e. The molecule has 3 heterocycles. The van der Waals surface area contributed by atoms with E-state index < -0.39 is 5.41 Å². The first-order valence-electron chi connectivity index (χ1n) is 22.1. The molecule has 0 unspecified atom stereocenters. The fourth-order valence-corrected chi connectivity index (χ4v) is 12.7. The summed E-state index contributed by atoms with van der Waals surface area (Å²) in [7, 11) is 0. The molecule has 10 aromatic carbocycles. The second-order valence-corrected chi connectivity index (χ2v) is 18.2. The van der Waals surface area contributed by atoms with Crippen molar-refractivity contribution in [1.29, 1.82) is 0 Å².